The smallest absolute Gasteiger partial charge is 0.294 e. The first kappa shape index (κ1) is 21.6. The van der Waals surface area contributed by atoms with Crippen LogP contribution in [-0.2, 0) is 11.2 Å². The van der Waals surface area contributed by atoms with Crippen LogP contribution in [0.4, 0.5) is 8.78 Å². The SMILES string of the molecule is COc1ccc(-c2nn(NC(=O)Cc3cc(F)cc(F)c3)c(=O)c3cc(Br)ccc23)cc1. The number of nitrogens with zero attached hydrogens (tertiary/aromatic N) is 2. The van der Waals surface area contributed by atoms with Gasteiger partial charge in [-0.2, -0.15) is 0 Å². The lowest BCUT2D eigenvalue weighted by Crippen LogP contribution is -2.36. The molecule has 4 aromatic rings. The molecule has 4 rings (SSSR count). The maximum Gasteiger partial charge on any atom is 0.294 e. The average molecular weight is 500 g/mol. The summed E-state index contributed by atoms with van der Waals surface area (Å²) in [6, 6.07) is 15.1. The molecule has 162 valence electrons. The number of ether oxygens (including phenoxy) is 1. The van der Waals surface area contributed by atoms with E-state index in [0.29, 0.717) is 32.3 Å². The standard InChI is InChI=1S/C23H16BrF2N3O3/c1-32-18-5-2-14(3-6-18)22-19-7-4-15(24)11-20(19)23(31)29(28-22)27-21(30)10-13-8-16(25)12-17(26)9-13/h2-9,11-12H,10H2,1H3,(H,27,30). The fourth-order valence-corrected chi connectivity index (χ4v) is 3.67. The first-order valence-electron chi connectivity index (χ1n) is 9.46. The summed E-state index contributed by atoms with van der Waals surface area (Å²) in [6.45, 7) is 0. The number of benzene rings is 3. The van der Waals surface area contributed by atoms with Crippen LogP contribution in [0.3, 0.4) is 0 Å². The number of hydrogen-bond donors (Lipinski definition) is 1. The summed E-state index contributed by atoms with van der Waals surface area (Å²) in [5, 5.41) is 5.27. The molecule has 1 amide bonds. The van der Waals surface area contributed by atoms with E-state index >= 15 is 0 Å². The molecule has 0 spiro atoms. The van der Waals surface area contributed by atoms with Gasteiger partial charge in [0, 0.05) is 21.5 Å². The predicted molar refractivity (Wildman–Crippen MR) is 120 cm³/mol. The zero-order valence-corrected chi connectivity index (χ0v) is 18.3. The van der Waals surface area contributed by atoms with Gasteiger partial charge in [-0.25, -0.2) is 14.2 Å². The van der Waals surface area contributed by atoms with Gasteiger partial charge < -0.3 is 4.74 Å². The van der Waals surface area contributed by atoms with Crippen LogP contribution in [-0.4, -0.2) is 22.9 Å². The number of carbonyl (C=O) groups excluding carboxylic acids is 1. The maximum absolute atomic E-state index is 13.4. The van der Waals surface area contributed by atoms with Crippen molar-refractivity contribution >= 4 is 32.6 Å². The fraction of sp³-hybridized carbons (Fsp3) is 0.0870. The Morgan fingerprint density at radius 3 is 2.38 bits per heavy atom. The van der Waals surface area contributed by atoms with Crippen molar-refractivity contribution in [3.8, 4) is 17.0 Å². The highest BCUT2D eigenvalue weighted by Crippen LogP contribution is 2.28. The summed E-state index contributed by atoms with van der Waals surface area (Å²) in [5.74, 6) is -1.58. The minimum atomic E-state index is -0.791. The summed E-state index contributed by atoms with van der Waals surface area (Å²) in [4.78, 5) is 26.3. The van der Waals surface area contributed by atoms with E-state index in [1.165, 1.54) is 0 Å². The van der Waals surface area contributed by atoms with Gasteiger partial charge in [0.1, 0.15) is 23.1 Å². The van der Waals surface area contributed by atoms with E-state index in [2.05, 4.69) is 26.5 Å². The van der Waals surface area contributed by atoms with Gasteiger partial charge >= 0.3 is 0 Å². The van der Waals surface area contributed by atoms with Crippen molar-refractivity contribution in [1.82, 2.24) is 9.89 Å². The van der Waals surface area contributed by atoms with Gasteiger partial charge in [-0.05, 0) is 54.1 Å². The van der Waals surface area contributed by atoms with Crippen molar-refractivity contribution in [2.75, 3.05) is 12.5 Å². The van der Waals surface area contributed by atoms with Crippen molar-refractivity contribution in [3.05, 3.63) is 92.7 Å². The Kier molecular flexibility index (Phi) is 6.00. The molecule has 0 unspecified atom stereocenters. The van der Waals surface area contributed by atoms with Crippen LogP contribution in [0.5, 0.6) is 5.75 Å². The van der Waals surface area contributed by atoms with Crippen LogP contribution in [0.15, 0.2) is 69.9 Å². The lowest BCUT2D eigenvalue weighted by molar-refractivity contribution is -0.116. The number of halogens is 3. The maximum atomic E-state index is 13.4. The minimum Gasteiger partial charge on any atom is -0.497 e. The summed E-state index contributed by atoms with van der Waals surface area (Å²) < 4.78 is 32.7. The molecule has 9 heteroatoms. The predicted octanol–water partition coefficient (Wildman–Crippen LogP) is 4.43. The van der Waals surface area contributed by atoms with Crippen LogP contribution in [0.2, 0.25) is 0 Å². The Morgan fingerprint density at radius 2 is 1.72 bits per heavy atom. The second-order valence-corrected chi connectivity index (χ2v) is 7.89. The van der Waals surface area contributed by atoms with Gasteiger partial charge in [0.05, 0.1) is 18.9 Å². The van der Waals surface area contributed by atoms with Crippen molar-refractivity contribution < 1.29 is 18.3 Å². The first-order valence-corrected chi connectivity index (χ1v) is 10.2. The Labute approximate surface area is 189 Å². The molecule has 0 fully saturated rings. The minimum absolute atomic E-state index is 0.131. The Morgan fingerprint density at radius 1 is 1.03 bits per heavy atom. The normalized spacial score (nSPS) is 10.9. The third kappa shape index (κ3) is 4.52. The zero-order valence-electron chi connectivity index (χ0n) is 16.7. The summed E-state index contributed by atoms with van der Waals surface area (Å²) in [7, 11) is 1.56. The lowest BCUT2D eigenvalue weighted by Gasteiger charge is -2.13. The molecule has 6 nitrogen and oxygen atoms in total. The molecule has 1 aromatic heterocycles. The van der Waals surface area contributed by atoms with Gasteiger partial charge in [-0.15, -0.1) is 9.89 Å². The van der Waals surface area contributed by atoms with E-state index < -0.39 is 23.1 Å². The van der Waals surface area contributed by atoms with E-state index in [1.807, 2.05) is 0 Å². The highest BCUT2D eigenvalue weighted by atomic mass is 79.9. The molecular formula is C23H16BrF2N3O3. The van der Waals surface area contributed by atoms with Gasteiger partial charge in [-0.3, -0.25) is 9.59 Å². The van der Waals surface area contributed by atoms with Crippen LogP contribution < -0.4 is 15.7 Å². The molecule has 0 atom stereocenters. The Balaban J connectivity index is 1.76. The molecule has 0 bridgehead atoms. The fourth-order valence-electron chi connectivity index (χ4n) is 3.31. The third-order valence-electron chi connectivity index (χ3n) is 4.74. The van der Waals surface area contributed by atoms with Crippen LogP contribution in [0, 0.1) is 11.6 Å². The summed E-state index contributed by atoms with van der Waals surface area (Å²) in [6.07, 6.45) is -0.336. The Bertz CT molecular complexity index is 1370. The highest BCUT2D eigenvalue weighted by molar-refractivity contribution is 9.10. The number of rotatable bonds is 5. The number of amides is 1. The molecule has 0 aliphatic carbocycles. The number of fused-ring (bicyclic) bond motifs is 1. The molecule has 0 saturated carbocycles. The zero-order chi connectivity index (χ0) is 22.8. The second-order valence-electron chi connectivity index (χ2n) is 6.97. The molecule has 0 saturated heterocycles. The molecule has 1 N–H and O–H groups in total. The number of methoxy groups -OCH3 is 1. The largest absolute Gasteiger partial charge is 0.497 e. The number of carbonyl (C=O) groups is 1. The second kappa shape index (κ2) is 8.88. The van der Waals surface area contributed by atoms with Crippen LogP contribution >= 0.6 is 15.9 Å². The average Bonchev–Trinajstić information content (AvgIpc) is 2.75. The van der Waals surface area contributed by atoms with Crippen molar-refractivity contribution in [3.63, 3.8) is 0 Å². The highest BCUT2D eigenvalue weighted by Gasteiger charge is 2.15. The Hall–Kier alpha value is -3.59. The van der Waals surface area contributed by atoms with E-state index in [1.54, 1.807) is 49.6 Å². The summed E-state index contributed by atoms with van der Waals surface area (Å²) >= 11 is 3.36. The molecule has 0 aliphatic rings. The monoisotopic (exact) mass is 499 g/mol. The van der Waals surface area contributed by atoms with E-state index in [9.17, 15) is 18.4 Å². The topological polar surface area (TPSA) is 73.2 Å². The molecule has 32 heavy (non-hydrogen) atoms. The van der Waals surface area contributed by atoms with E-state index in [4.69, 9.17) is 4.74 Å². The lowest BCUT2D eigenvalue weighted by atomic mass is 10.1. The molecule has 0 radical (unpaired) electrons. The number of nitrogens with one attached hydrogen (secondary N) is 1. The number of hydrogen-bond acceptors (Lipinski definition) is 4. The van der Waals surface area contributed by atoms with Crippen LogP contribution in [0.25, 0.3) is 22.0 Å². The first-order chi connectivity index (χ1) is 15.3. The van der Waals surface area contributed by atoms with E-state index in [-0.39, 0.29) is 12.0 Å². The van der Waals surface area contributed by atoms with Gasteiger partial charge in [0.2, 0.25) is 5.91 Å². The molecule has 3 aromatic carbocycles. The van der Waals surface area contributed by atoms with Crippen molar-refractivity contribution in [2.45, 2.75) is 6.42 Å². The molecule has 1 heterocycles. The quantitative estimate of drug-likeness (QED) is 0.441. The van der Waals surface area contributed by atoms with Crippen molar-refractivity contribution in [1.29, 1.82) is 0 Å². The van der Waals surface area contributed by atoms with Gasteiger partial charge in [-0.1, -0.05) is 22.0 Å². The van der Waals surface area contributed by atoms with Crippen molar-refractivity contribution in [2.24, 2.45) is 0 Å². The number of aromatic nitrogens is 2. The van der Waals surface area contributed by atoms with E-state index in [0.717, 1.165) is 23.0 Å². The van der Waals surface area contributed by atoms with Gasteiger partial charge in [0.15, 0.2) is 0 Å². The van der Waals surface area contributed by atoms with Gasteiger partial charge in [0.25, 0.3) is 5.56 Å². The molecule has 0 aliphatic heterocycles. The molecular weight excluding hydrogens is 484 g/mol. The van der Waals surface area contributed by atoms with Crippen LogP contribution in [0.1, 0.15) is 5.56 Å². The summed E-state index contributed by atoms with van der Waals surface area (Å²) in [5.41, 5.74) is 3.17. The third-order valence-corrected chi connectivity index (χ3v) is 5.23.